The van der Waals surface area contributed by atoms with Gasteiger partial charge in [0.2, 0.25) is 17.7 Å². The number of carboxylic acids is 1. The van der Waals surface area contributed by atoms with Crippen molar-refractivity contribution in [3.63, 3.8) is 0 Å². The quantitative estimate of drug-likeness (QED) is 0.0178. The number of nitrogens with one attached hydrogen (secondary N) is 3. The second-order valence-electron chi connectivity index (χ2n) is 24.6. The molecule has 0 spiro atoms. The largest absolute Gasteiger partial charge is 0.491 e. The van der Waals surface area contributed by atoms with Crippen molar-refractivity contribution in [1.29, 1.82) is 0 Å². The van der Waals surface area contributed by atoms with Crippen molar-refractivity contribution in [2.24, 2.45) is 5.41 Å². The maximum absolute atomic E-state index is 14.6. The molecule has 25 heteroatoms. The fraction of sp³-hybridized carbons (Fsp3) is 0.493. The zero-order valence-electron chi connectivity index (χ0n) is 55.6. The molecular weight excluding hydrogens is 1260 g/mol. The van der Waals surface area contributed by atoms with Crippen LogP contribution in [0.1, 0.15) is 93.5 Å². The van der Waals surface area contributed by atoms with Crippen LogP contribution in [0.5, 0.6) is 5.75 Å². The Morgan fingerprint density at radius 1 is 0.708 bits per heavy atom. The highest BCUT2D eigenvalue weighted by atomic mass is 32.1. The van der Waals surface area contributed by atoms with E-state index in [-0.39, 0.29) is 83.1 Å². The number of β-amino-alcohol motifs (C(OH)–C–C–N with tert-alkyl or cyclic N) is 1. The minimum atomic E-state index is -1.24. The fourth-order valence-corrected chi connectivity index (χ4v) is 11.8. The van der Waals surface area contributed by atoms with Gasteiger partial charge in [0.1, 0.15) is 36.9 Å². The maximum Gasteiger partial charge on any atom is 0.305 e. The molecule has 5 atom stereocenters. The molecule has 4 aromatic carbocycles. The molecular formula is C71H93FN6O17S. The molecule has 3 heterocycles. The molecule has 0 bridgehead atoms. The lowest BCUT2D eigenvalue weighted by Gasteiger charge is -2.35. The average molecular weight is 1350 g/mol. The summed E-state index contributed by atoms with van der Waals surface area (Å²) in [5.74, 6) is -2.96. The number of likely N-dealkylation sites (tertiary alicyclic amines) is 1. The Morgan fingerprint density at radius 2 is 1.27 bits per heavy atom. The number of ether oxygens (including phenoxy) is 8. The third-order valence-electron chi connectivity index (χ3n) is 15.7. The number of aryl methyl sites for hydroxylation is 1. The number of carbonyl (C=O) groups is 5. The Hall–Kier alpha value is -7.53. The van der Waals surface area contributed by atoms with E-state index in [1.54, 1.807) is 53.2 Å². The molecule has 2 aromatic heterocycles. The number of carboxylic acid groups (broad SMARTS) is 1. The second kappa shape index (κ2) is 39.0. The van der Waals surface area contributed by atoms with Crippen molar-refractivity contribution < 1.29 is 86.7 Å². The molecule has 96 heavy (non-hydrogen) atoms. The lowest BCUT2D eigenvalue weighted by atomic mass is 9.85. The van der Waals surface area contributed by atoms with Crippen molar-refractivity contribution in [3.05, 3.63) is 137 Å². The van der Waals surface area contributed by atoms with E-state index in [4.69, 9.17) is 43.0 Å². The summed E-state index contributed by atoms with van der Waals surface area (Å²) in [6, 6.07) is 28.3. The van der Waals surface area contributed by atoms with Gasteiger partial charge in [-0.2, -0.15) is 0 Å². The summed E-state index contributed by atoms with van der Waals surface area (Å²) in [5, 5.41) is 49.7. The molecule has 0 saturated carbocycles. The van der Waals surface area contributed by atoms with E-state index in [2.05, 4.69) is 20.9 Å². The van der Waals surface area contributed by atoms with Crippen LogP contribution >= 0.6 is 11.3 Å². The topological polar surface area (TPSA) is 297 Å². The van der Waals surface area contributed by atoms with Gasteiger partial charge in [0.25, 0.3) is 5.91 Å². The highest BCUT2D eigenvalue weighted by Crippen LogP contribution is 2.43. The minimum absolute atomic E-state index is 0.0324. The summed E-state index contributed by atoms with van der Waals surface area (Å²) in [6.07, 6.45) is -3.59. The van der Waals surface area contributed by atoms with E-state index in [0.29, 0.717) is 112 Å². The Kier molecular flexibility index (Phi) is 30.8. The van der Waals surface area contributed by atoms with Crippen molar-refractivity contribution in [3.8, 4) is 38.6 Å². The van der Waals surface area contributed by atoms with Gasteiger partial charge in [-0.1, -0.05) is 89.2 Å². The van der Waals surface area contributed by atoms with Gasteiger partial charge in [0.05, 0.1) is 138 Å². The summed E-state index contributed by atoms with van der Waals surface area (Å²) in [5.41, 5.74) is 8.23. The number of amides is 4. The van der Waals surface area contributed by atoms with E-state index in [0.717, 1.165) is 27.3 Å². The van der Waals surface area contributed by atoms with Crippen LogP contribution in [-0.2, 0) is 65.4 Å². The minimum Gasteiger partial charge on any atom is -0.491 e. The molecule has 0 unspecified atom stereocenters. The molecule has 7 N–H and O–H groups in total. The summed E-state index contributed by atoms with van der Waals surface area (Å²) in [7, 11) is 0. The molecule has 4 amide bonds. The third-order valence-corrected chi connectivity index (χ3v) is 16.7. The van der Waals surface area contributed by atoms with E-state index >= 15 is 0 Å². The Labute approximate surface area is 564 Å². The number of aliphatic carboxylic acids is 1. The van der Waals surface area contributed by atoms with Gasteiger partial charge >= 0.3 is 5.97 Å². The Bertz CT molecular complexity index is 3360. The molecule has 0 aliphatic carbocycles. The van der Waals surface area contributed by atoms with Crippen LogP contribution < -0.4 is 20.7 Å². The second-order valence-corrected chi connectivity index (χ2v) is 25.4. The number of thiazole rings is 1. The third kappa shape index (κ3) is 23.9. The standard InChI is InChI=1S/C71H93FN6O17S/c1-47(2)64-63(62(50-10-8-7-9-11-50)65(51-16-18-53(72)19-17-51)77(64)25-24-55(79)40-56(80)42-61(83)84)69(86)75-54-20-22-58(23-21-54)95-39-38-93-35-34-91-31-30-89-27-26-88-28-29-90-32-33-92-36-37-94-45-60(82)76-67(71(4,5)6)70(87)78-44-57(81)41-59(78)68(85)73-43-49-12-14-52(15-13-49)66-48(3)74-46-96-66/h7-23,46-47,55-57,59,67,79-81H,24-45H2,1-6H3,(H,73,85)(H,75,86)(H,76,82)(H,83,84)/t55-,56-,57+,59-,67+/m0/s1. The first-order valence-electron chi connectivity index (χ1n) is 32.5. The number of aromatic nitrogens is 2. The fourth-order valence-electron chi connectivity index (χ4n) is 11.0. The predicted octanol–water partition coefficient (Wildman–Crippen LogP) is 8.05. The number of aliphatic hydroxyl groups is 3. The molecule has 1 aliphatic heterocycles. The number of hydrogen-bond donors (Lipinski definition) is 7. The number of halogens is 1. The number of rotatable bonds is 42. The molecule has 1 saturated heterocycles. The van der Waals surface area contributed by atoms with E-state index < -0.39 is 65.8 Å². The molecule has 0 radical (unpaired) electrons. The molecule has 522 valence electrons. The first-order valence-corrected chi connectivity index (χ1v) is 33.3. The van der Waals surface area contributed by atoms with Crippen LogP contribution in [0.15, 0.2) is 109 Å². The normalized spacial score (nSPS) is 15.0. The van der Waals surface area contributed by atoms with Crippen LogP contribution in [0.2, 0.25) is 0 Å². The van der Waals surface area contributed by atoms with Gasteiger partial charge in [-0.3, -0.25) is 24.0 Å². The van der Waals surface area contributed by atoms with Crippen LogP contribution in [0, 0.1) is 18.2 Å². The van der Waals surface area contributed by atoms with Crippen molar-refractivity contribution in [2.75, 3.05) is 111 Å². The highest BCUT2D eigenvalue weighted by Gasteiger charge is 2.44. The zero-order valence-corrected chi connectivity index (χ0v) is 56.5. The summed E-state index contributed by atoms with van der Waals surface area (Å²) < 4.78 is 61.3. The monoisotopic (exact) mass is 1350 g/mol. The summed E-state index contributed by atoms with van der Waals surface area (Å²) in [6.45, 7) is 16.0. The van der Waals surface area contributed by atoms with Crippen LogP contribution in [0.4, 0.5) is 10.1 Å². The van der Waals surface area contributed by atoms with Gasteiger partial charge in [-0.15, -0.1) is 11.3 Å². The smallest absolute Gasteiger partial charge is 0.305 e. The molecule has 7 rings (SSSR count). The molecule has 23 nitrogen and oxygen atoms in total. The van der Waals surface area contributed by atoms with E-state index in [9.17, 15) is 43.7 Å². The lowest BCUT2D eigenvalue weighted by molar-refractivity contribution is -0.144. The highest BCUT2D eigenvalue weighted by molar-refractivity contribution is 7.13. The number of carbonyl (C=O) groups excluding carboxylic acids is 4. The van der Waals surface area contributed by atoms with Crippen LogP contribution in [-0.4, -0.2) is 201 Å². The van der Waals surface area contributed by atoms with Gasteiger partial charge in [0.15, 0.2) is 0 Å². The van der Waals surface area contributed by atoms with Gasteiger partial charge in [-0.25, -0.2) is 9.37 Å². The van der Waals surface area contributed by atoms with Gasteiger partial charge in [0, 0.05) is 43.0 Å². The number of nitrogens with zero attached hydrogens (tertiary/aromatic N) is 3. The van der Waals surface area contributed by atoms with Crippen LogP contribution in [0.25, 0.3) is 32.8 Å². The summed E-state index contributed by atoms with van der Waals surface area (Å²) >= 11 is 1.56. The SMILES string of the molecule is Cc1ncsc1-c1ccc(CNC(=O)[C@@H]2C[C@@H](O)CN2C(=O)[C@@H](NC(=O)COCCOCCOCCOCCOCCOCCOCCOc2ccc(NC(=O)c3c(-c4ccccc4)c(-c4ccc(F)cc4)n(CC[C@H](O)C[C@H](O)CC(=O)O)c3C(C)C)cc2)C(C)(C)C)cc1. The molecule has 1 aliphatic rings. The van der Waals surface area contributed by atoms with Gasteiger partial charge in [-0.05, 0) is 102 Å². The molecule has 1 fully saturated rings. The lowest BCUT2D eigenvalue weighted by Crippen LogP contribution is -2.58. The van der Waals surface area contributed by atoms with E-state index in [1.165, 1.54) is 17.0 Å². The number of anilines is 1. The van der Waals surface area contributed by atoms with Crippen molar-refractivity contribution in [2.45, 2.75) is 117 Å². The first kappa shape index (κ1) is 75.8. The number of aliphatic hydroxyl groups excluding tert-OH is 3. The van der Waals surface area contributed by atoms with Crippen LogP contribution in [0.3, 0.4) is 0 Å². The van der Waals surface area contributed by atoms with E-state index in [1.807, 2.05) is 101 Å². The van der Waals surface area contributed by atoms with Crippen molar-refractivity contribution in [1.82, 2.24) is 25.1 Å². The Balaban J connectivity index is 0.699. The average Bonchev–Trinajstić information content (AvgIpc) is 1.59. The first-order chi connectivity index (χ1) is 46.2. The number of benzene rings is 4. The molecule has 6 aromatic rings. The predicted molar refractivity (Wildman–Crippen MR) is 360 cm³/mol. The van der Waals surface area contributed by atoms with Crippen molar-refractivity contribution >= 4 is 46.6 Å². The zero-order chi connectivity index (χ0) is 69.0. The maximum atomic E-state index is 14.6. The van der Waals surface area contributed by atoms with Gasteiger partial charge < -0.3 is 83.7 Å². The number of hydrogen-bond acceptors (Lipinski definition) is 18. The summed E-state index contributed by atoms with van der Waals surface area (Å²) in [4.78, 5) is 73.0. The Morgan fingerprint density at radius 3 is 1.81 bits per heavy atom.